The van der Waals surface area contributed by atoms with Crippen LogP contribution in [0.5, 0.6) is 0 Å². The first kappa shape index (κ1) is 12.0. The number of benzene rings is 1. The molecule has 0 fully saturated rings. The second-order valence-electron chi connectivity index (χ2n) is 3.24. The third-order valence-corrected chi connectivity index (χ3v) is 4.08. The molecule has 0 aliphatic heterocycles. The number of hydrogen-bond acceptors (Lipinski definition) is 5. The molecule has 1 aromatic carbocycles. The van der Waals surface area contributed by atoms with E-state index < -0.39 is 19.7 Å². The summed E-state index contributed by atoms with van der Waals surface area (Å²) >= 11 is 0. The molecule has 0 amide bonds. The maximum absolute atomic E-state index is 11.3. The van der Waals surface area contributed by atoms with Crippen LogP contribution in [0.3, 0.4) is 0 Å². The third kappa shape index (κ3) is 2.69. The van der Waals surface area contributed by atoms with Crippen molar-refractivity contribution < 1.29 is 16.8 Å². The van der Waals surface area contributed by atoms with Gasteiger partial charge >= 0.3 is 0 Å². The van der Waals surface area contributed by atoms with Gasteiger partial charge in [-0.15, -0.1) is 0 Å². The summed E-state index contributed by atoms with van der Waals surface area (Å²) < 4.78 is 44.9. The van der Waals surface area contributed by atoms with Crippen molar-refractivity contribution in [1.29, 1.82) is 0 Å². The zero-order valence-electron chi connectivity index (χ0n) is 8.26. The van der Waals surface area contributed by atoms with Crippen molar-refractivity contribution in [2.75, 3.05) is 18.2 Å². The van der Waals surface area contributed by atoms with Crippen LogP contribution >= 0.6 is 0 Å². The maximum Gasteiger partial charge on any atom is 0.177 e. The van der Waals surface area contributed by atoms with Gasteiger partial charge in [0.2, 0.25) is 0 Å². The molecule has 2 N–H and O–H groups in total. The first-order valence-electron chi connectivity index (χ1n) is 3.92. The van der Waals surface area contributed by atoms with Crippen LogP contribution in [0.4, 0.5) is 5.69 Å². The van der Waals surface area contributed by atoms with E-state index in [4.69, 9.17) is 5.73 Å². The predicted molar refractivity (Wildman–Crippen MR) is 57.1 cm³/mol. The molecule has 0 radical (unpaired) electrons. The number of sulfone groups is 2. The van der Waals surface area contributed by atoms with E-state index in [0.29, 0.717) is 0 Å². The lowest BCUT2D eigenvalue weighted by Gasteiger charge is -2.05. The fraction of sp³-hybridized carbons (Fsp3) is 0.250. The van der Waals surface area contributed by atoms with Gasteiger partial charge in [0.15, 0.2) is 19.7 Å². The van der Waals surface area contributed by atoms with Crippen LogP contribution in [0.15, 0.2) is 28.0 Å². The number of rotatable bonds is 2. The highest BCUT2D eigenvalue weighted by atomic mass is 32.2. The Morgan fingerprint density at radius 3 is 1.93 bits per heavy atom. The number of hydrogen-bond donors (Lipinski definition) is 1. The molecular weight excluding hydrogens is 238 g/mol. The van der Waals surface area contributed by atoms with E-state index in [9.17, 15) is 16.8 Å². The van der Waals surface area contributed by atoms with Gasteiger partial charge in [0, 0.05) is 12.5 Å². The largest absolute Gasteiger partial charge is 0.398 e. The van der Waals surface area contributed by atoms with Crippen LogP contribution < -0.4 is 5.73 Å². The summed E-state index contributed by atoms with van der Waals surface area (Å²) in [4.78, 5) is -0.220. The van der Waals surface area contributed by atoms with E-state index in [1.807, 2.05) is 0 Å². The van der Waals surface area contributed by atoms with Crippen LogP contribution in [0.1, 0.15) is 0 Å². The second-order valence-corrected chi connectivity index (χ2v) is 7.24. The van der Waals surface area contributed by atoms with Gasteiger partial charge in [-0.25, -0.2) is 16.8 Å². The SMILES string of the molecule is CS(=O)(=O)c1ccc(N)c(S(C)(=O)=O)c1. The highest BCUT2D eigenvalue weighted by Gasteiger charge is 2.15. The number of anilines is 1. The Labute approximate surface area is 88.8 Å². The third-order valence-electron chi connectivity index (χ3n) is 1.81. The lowest BCUT2D eigenvalue weighted by Crippen LogP contribution is -2.05. The summed E-state index contributed by atoms with van der Waals surface area (Å²) in [7, 11) is -6.93. The Balaban J connectivity index is 3.57. The summed E-state index contributed by atoms with van der Waals surface area (Å²) in [6, 6.07) is 3.62. The molecule has 0 saturated heterocycles. The average molecular weight is 249 g/mol. The van der Waals surface area contributed by atoms with Crippen molar-refractivity contribution >= 4 is 25.4 Å². The standard InChI is InChI=1S/C8H11NO4S2/c1-14(10,11)6-3-4-7(9)8(5-6)15(2,12)13/h3-5H,9H2,1-2H3. The Morgan fingerprint density at radius 2 is 1.53 bits per heavy atom. The van der Waals surface area contributed by atoms with Crippen molar-refractivity contribution in [2.24, 2.45) is 0 Å². The average Bonchev–Trinajstić information content (AvgIpc) is 2.00. The van der Waals surface area contributed by atoms with Crippen molar-refractivity contribution in [2.45, 2.75) is 9.79 Å². The molecule has 1 aromatic rings. The summed E-state index contributed by atoms with van der Waals surface area (Å²) in [6.07, 6.45) is 1.98. The zero-order valence-corrected chi connectivity index (χ0v) is 9.89. The van der Waals surface area contributed by atoms with Gasteiger partial charge in [0.1, 0.15) is 0 Å². The minimum absolute atomic E-state index is 0.0462. The van der Waals surface area contributed by atoms with Crippen LogP contribution in [0, 0.1) is 0 Å². The topological polar surface area (TPSA) is 94.3 Å². The van der Waals surface area contributed by atoms with Gasteiger partial charge < -0.3 is 5.73 Å². The molecule has 0 bridgehead atoms. The summed E-state index contributed by atoms with van der Waals surface area (Å²) in [5.41, 5.74) is 5.49. The quantitative estimate of drug-likeness (QED) is 0.749. The molecule has 84 valence electrons. The van der Waals surface area contributed by atoms with Gasteiger partial charge in [-0.05, 0) is 18.2 Å². The normalized spacial score (nSPS) is 12.7. The Kier molecular flexibility index (Phi) is 2.79. The first-order valence-corrected chi connectivity index (χ1v) is 7.70. The van der Waals surface area contributed by atoms with Crippen molar-refractivity contribution in [3.63, 3.8) is 0 Å². The minimum atomic E-state index is -3.51. The molecule has 5 nitrogen and oxygen atoms in total. The van der Waals surface area contributed by atoms with Crippen LogP contribution in [-0.2, 0) is 19.7 Å². The Morgan fingerprint density at radius 1 is 1.00 bits per heavy atom. The highest BCUT2D eigenvalue weighted by molar-refractivity contribution is 7.91. The van der Waals surface area contributed by atoms with E-state index in [1.165, 1.54) is 12.1 Å². The lowest BCUT2D eigenvalue weighted by atomic mass is 10.3. The summed E-state index contributed by atoms with van der Waals surface area (Å²) in [5.74, 6) is 0. The molecule has 0 heterocycles. The van der Waals surface area contributed by atoms with Crippen LogP contribution in [-0.4, -0.2) is 29.3 Å². The van der Waals surface area contributed by atoms with Gasteiger partial charge in [-0.3, -0.25) is 0 Å². The van der Waals surface area contributed by atoms with Crippen LogP contribution in [0.2, 0.25) is 0 Å². The van der Waals surface area contributed by atoms with Gasteiger partial charge in [0.05, 0.1) is 15.5 Å². The second kappa shape index (κ2) is 3.49. The monoisotopic (exact) mass is 249 g/mol. The number of nitrogens with two attached hydrogens (primary N) is 1. The maximum atomic E-state index is 11.3. The molecule has 7 heteroatoms. The molecule has 0 unspecified atom stereocenters. The number of nitrogen functional groups attached to an aromatic ring is 1. The fourth-order valence-corrected chi connectivity index (χ4v) is 2.63. The zero-order chi connectivity index (χ0) is 11.9. The molecular formula is C8H11NO4S2. The molecule has 15 heavy (non-hydrogen) atoms. The molecule has 0 atom stereocenters. The van der Waals surface area contributed by atoms with E-state index >= 15 is 0 Å². The van der Waals surface area contributed by atoms with Gasteiger partial charge in [0.25, 0.3) is 0 Å². The van der Waals surface area contributed by atoms with E-state index in [2.05, 4.69) is 0 Å². The van der Waals surface area contributed by atoms with Crippen molar-refractivity contribution in [3.05, 3.63) is 18.2 Å². The lowest BCUT2D eigenvalue weighted by molar-refractivity contribution is 0.600. The molecule has 1 rings (SSSR count). The van der Waals surface area contributed by atoms with E-state index in [-0.39, 0.29) is 15.5 Å². The van der Waals surface area contributed by atoms with Crippen LogP contribution in [0.25, 0.3) is 0 Å². The Bertz CT molecular complexity index is 587. The van der Waals surface area contributed by atoms with Crippen molar-refractivity contribution in [1.82, 2.24) is 0 Å². The summed E-state index contributed by atoms with van der Waals surface area (Å²) in [6.45, 7) is 0. The smallest absolute Gasteiger partial charge is 0.177 e. The van der Waals surface area contributed by atoms with E-state index in [0.717, 1.165) is 18.6 Å². The highest BCUT2D eigenvalue weighted by Crippen LogP contribution is 2.22. The predicted octanol–water partition coefficient (Wildman–Crippen LogP) is 0.0758. The molecule has 0 spiro atoms. The molecule has 0 aliphatic rings. The van der Waals surface area contributed by atoms with E-state index in [1.54, 1.807) is 0 Å². The summed E-state index contributed by atoms with van der Waals surface area (Å²) in [5, 5.41) is 0. The molecule has 0 aromatic heterocycles. The van der Waals surface area contributed by atoms with Gasteiger partial charge in [-0.1, -0.05) is 0 Å². The van der Waals surface area contributed by atoms with Crippen molar-refractivity contribution in [3.8, 4) is 0 Å². The minimum Gasteiger partial charge on any atom is -0.398 e. The first-order chi connectivity index (χ1) is 6.62. The molecule has 0 aliphatic carbocycles. The fourth-order valence-electron chi connectivity index (χ4n) is 1.07. The Hall–Kier alpha value is -1.08. The molecule has 0 saturated carbocycles. The van der Waals surface area contributed by atoms with Gasteiger partial charge in [-0.2, -0.15) is 0 Å².